The van der Waals surface area contributed by atoms with Crippen molar-refractivity contribution in [1.82, 2.24) is 0 Å². The first kappa shape index (κ1) is 12.9. The zero-order valence-electron chi connectivity index (χ0n) is 10.6. The van der Waals surface area contributed by atoms with Gasteiger partial charge in [0.15, 0.2) is 5.75 Å². The number of fused-ring (bicyclic) bond motifs is 1. The minimum absolute atomic E-state index is 0.282. The average molecular weight is 266 g/mol. The fraction of sp³-hybridized carbons (Fsp3) is 0.231. The van der Waals surface area contributed by atoms with Gasteiger partial charge in [-0.2, -0.15) is 3.89 Å². The van der Waals surface area contributed by atoms with E-state index in [0.29, 0.717) is 5.75 Å². The zero-order chi connectivity index (χ0) is 13.4. The van der Waals surface area contributed by atoms with Crippen molar-refractivity contribution in [2.75, 3.05) is 21.1 Å². The summed E-state index contributed by atoms with van der Waals surface area (Å²) in [6.07, 6.45) is 0. The maximum Gasteiger partial charge on any atom is 0.484 e. The van der Waals surface area contributed by atoms with Crippen LogP contribution in [0.4, 0.5) is 0 Å². The molecule has 0 aliphatic heterocycles. The largest absolute Gasteiger partial charge is 0.484 e. The summed E-state index contributed by atoms with van der Waals surface area (Å²) in [5.41, 5.74) is 0. The molecule has 0 fully saturated rings. The lowest BCUT2D eigenvalue weighted by atomic mass is 10.1. The van der Waals surface area contributed by atoms with Crippen molar-refractivity contribution in [3.05, 3.63) is 42.5 Å². The third kappa shape index (κ3) is 2.32. The Balaban J connectivity index is 2.51. The molecule has 0 unspecified atom stereocenters. The molecule has 0 saturated carbocycles. The summed E-state index contributed by atoms with van der Waals surface area (Å²) in [5.74, 6) is 0.362. The van der Waals surface area contributed by atoms with Crippen LogP contribution < -0.4 is 4.18 Å². The van der Waals surface area contributed by atoms with Crippen molar-refractivity contribution in [3.8, 4) is 5.75 Å². The lowest BCUT2D eigenvalue weighted by Crippen LogP contribution is -2.43. The van der Waals surface area contributed by atoms with E-state index in [4.69, 9.17) is 4.18 Å². The van der Waals surface area contributed by atoms with Crippen LogP contribution in [-0.4, -0.2) is 33.4 Å². The van der Waals surface area contributed by atoms with Gasteiger partial charge >= 0.3 is 10.3 Å². The fourth-order valence-electron chi connectivity index (χ4n) is 1.49. The first-order valence-electron chi connectivity index (χ1n) is 5.55. The van der Waals surface area contributed by atoms with Crippen molar-refractivity contribution >= 4 is 21.1 Å². The van der Waals surface area contributed by atoms with Gasteiger partial charge in [0.05, 0.1) is 21.1 Å². The van der Waals surface area contributed by atoms with Crippen molar-refractivity contribution in [2.45, 2.75) is 0 Å². The van der Waals surface area contributed by atoms with Crippen LogP contribution in [0.15, 0.2) is 42.5 Å². The van der Waals surface area contributed by atoms with Gasteiger partial charge in [-0.05, 0) is 11.5 Å². The van der Waals surface area contributed by atoms with Crippen molar-refractivity contribution in [2.24, 2.45) is 0 Å². The van der Waals surface area contributed by atoms with Gasteiger partial charge in [0, 0.05) is 5.39 Å². The molecular formula is C13H16NO3S+. The van der Waals surface area contributed by atoms with Crippen LogP contribution in [0.5, 0.6) is 5.75 Å². The van der Waals surface area contributed by atoms with Gasteiger partial charge in [-0.25, -0.2) is 0 Å². The first-order chi connectivity index (χ1) is 8.31. The number of benzene rings is 2. The van der Waals surface area contributed by atoms with E-state index >= 15 is 0 Å². The molecule has 0 saturated heterocycles. The van der Waals surface area contributed by atoms with E-state index in [1.54, 1.807) is 33.3 Å². The van der Waals surface area contributed by atoms with E-state index in [2.05, 4.69) is 0 Å². The van der Waals surface area contributed by atoms with E-state index < -0.39 is 10.3 Å². The Bertz CT molecular complexity index is 667. The van der Waals surface area contributed by atoms with E-state index in [9.17, 15) is 8.42 Å². The molecule has 2 aromatic rings. The average Bonchev–Trinajstić information content (AvgIpc) is 2.27. The van der Waals surface area contributed by atoms with Gasteiger partial charge in [-0.1, -0.05) is 36.4 Å². The molecule has 0 amide bonds. The maximum atomic E-state index is 12.0. The number of quaternary nitrogens is 1. The molecular weight excluding hydrogens is 250 g/mol. The lowest BCUT2D eigenvalue weighted by molar-refractivity contribution is -0.743. The molecule has 4 nitrogen and oxygen atoms in total. The number of hydrogen-bond acceptors (Lipinski definition) is 3. The van der Waals surface area contributed by atoms with E-state index in [1.165, 1.54) is 0 Å². The van der Waals surface area contributed by atoms with Crippen molar-refractivity contribution < 1.29 is 16.5 Å². The van der Waals surface area contributed by atoms with Gasteiger partial charge in [0.25, 0.3) is 0 Å². The molecule has 0 radical (unpaired) electrons. The Morgan fingerprint density at radius 1 is 0.944 bits per heavy atom. The normalized spacial score (nSPS) is 12.6. The summed E-state index contributed by atoms with van der Waals surface area (Å²) in [4.78, 5) is 0. The Kier molecular flexibility index (Phi) is 3.04. The third-order valence-electron chi connectivity index (χ3n) is 2.62. The maximum absolute atomic E-state index is 12.0. The summed E-state index contributed by atoms with van der Waals surface area (Å²) >= 11 is 0. The predicted octanol–water partition coefficient (Wildman–Crippen LogP) is 2.17. The summed E-state index contributed by atoms with van der Waals surface area (Å²) in [7, 11) is 0.963. The lowest BCUT2D eigenvalue weighted by Gasteiger charge is -2.21. The molecule has 0 bridgehead atoms. The van der Waals surface area contributed by atoms with Crippen LogP contribution in [0.3, 0.4) is 0 Å². The molecule has 2 aromatic carbocycles. The first-order valence-corrected chi connectivity index (χ1v) is 6.91. The summed E-state index contributed by atoms with van der Waals surface area (Å²) < 4.78 is 29.0. The van der Waals surface area contributed by atoms with Gasteiger partial charge in [0.2, 0.25) is 0 Å². The van der Waals surface area contributed by atoms with Crippen LogP contribution in [0.25, 0.3) is 10.8 Å². The Labute approximate surface area is 107 Å². The highest BCUT2D eigenvalue weighted by atomic mass is 32.2. The molecule has 0 spiro atoms. The quantitative estimate of drug-likeness (QED) is 0.800. The van der Waals surface area contributed by atoms with Crippen molar-refractivity contribution in [1.29, 1.82) is 0 Å². The SMILES string of the molecule is C[N+](C)(C)S(=O)(=O)Oc1cccc2ccccc12. The number of rotatable bonds is 3. The molecule has 0 aliphatic rings. The molecule has 2 rings (SSSR count). The van der Waals surface area contributed by atoms with Crippen molar-refractivity contribution in [3.63, 3.8) is 0 Å². The molecule has 0 aromatic heterocycles. The number of hydrogen-bond donors (Lipinski definition) is 0. The van der Waals surface area contributed by atoms with Crippen LogP contribution in [-0.2, 0) is 10.3 Å². The summed E-state index contributed by atoms with van der Waals surface area (Å²) in [6.45, 7) is 0. The monoisotopic (exact) mass is 266 g/mol. The van der Waals surface area contributed by atoms with E-state index in [0.717, 1.165) is 10.8 Å². The second kappa shape index (κ2) is 4.26. The molecule has 18 heavy (non-hydrogen) atoms. The van der Waals surface area contributed by atoms with E-state index in [-0.39, 0.29) is 3.89 Å². The predicted molar refractivity (Wildman–Crippen MR) is 71.5 cm³/mol. The van der Waals surface area contributed by atoms with Crippen LogP contribution in [0, 0.1) is 0 Å². The van der Waals surface area contributed by atoms with Gasteiger partial charge in [-0.15, -0.1) is 8.42 Å². The molecule has 5 heteroatoms. The van der Waals surface area contributed by atoms with Crippen LogP contribution in [0.1, 0.15) is 0 Å². The second-order valence-corrected chi connectivity index (χ2v) is 7.00. The highest BCUT2D eigenvalue weighted by Crippen LogP contribution is 2.27. The standard InChI is InChI=1S/C13H16NO3S/c1-14(2,3)18(15,16)17-13-10-6-8-11-7-4-5-9-12(11)13/h4-10H,1-3H3/q+1. The zero-order valence-corrected chi connectivity index (χ0v) is 11.4. The topological polar surface area (TPSA) is 43.4 Å². The van der Waals surface area contributed by atoms with Gasteiger partial charge in [-0.3, -0.25) is 0 Å². The number of nitrogens with zero attached hydrogens (tertiary/aromatic N) is 1. The Hall–Kier alpha value is -1.59. The summed E-state index contributed by atoms with van der Waals surface area (Å²) in [6, 6.07) is 12.9. The Morgan fingerprint density at radius 3 is 2.22 bits per heavy atom. The fourth-order valence-corrected chi connectivity index (χ4v) is 2.09. The Morgan fingerprint density at radius 2 is 1.56 bits per heavy atom. The van der Waals surface area contributed by atoms with E-state index in [1.807, 2.05) is 30.3 Å². The second-order valence-electron chi connectivity index (χ2n) is 4.88. The van der Waals surface area contributed by atoms with Crippen LogP contribution in [0.2, 0.25) is 0 Å². The minimum atomic E-state index is -3.70. The molecule has 96 valence electrons. The highest BCUT2D eigenvalue weighted by molar-refractivity contribution is 7.81. The molecule has 0 aliphatic carbocycles. The molecule has 0 atom stereocenters. The highest BCUT2D eigenvalue weighted by Gasteiger charge is 2.31. The minimum Gasteiger partial charge on any atom is -0.341 e. The summed E-state index contributed by atoms with van der Waals surface area (Å²) in [5, 5.41) is 1.74. The van der Waals surface area contributed by atoms with Gasteiger partial charge in [0.1, 0.15) is 0 Å². The van der Waals surface area contributed by atoms with Crippen LogP contribution >= 0.6 is 0 Å². The smallest absolute Gasteiger partial charge is 0.341 e. The molecule has 0 heterocycles. The molecule has 0 N–H and O–H groups in total. The van der Waals surface area contributed by atoms with Gasteiger partial charge < -0.3 is 4.18 Å². The third-order valence-corrected chi connectivity index (χ3v) is 4.35.